The first-order valence-electron chi connectivity index (χ1n) is 6.33. The minimum atomic E-state index is 0.658. The molecule has 1 aromatic carbocycles. The summed E-state index contributed by atoms with van der Waals surface area (Å²) in [4.78, 5) is 0. The van der Waals surface area contributed by atoms with Crippen molar-refractivity contribution >= 4 is 0 Å². The smallest absolute Gasteiger partial charge is 0.161 e. The molecule has 1 aliphatic carbocycles. The summed E-state index contributed by atoms with van der Waals surface area (Å²) in [6.45, 7) is 1.45. The Balaban J connectivity index is 1.93. The van der Waals surface area contributed by atoms with Crippen molar-refractivity contribution < 1.29 is 9.47 Å². The first-order chi connectivity index (χ1) is 8.33. The Bertz CT molecular complexity index is 361. The lowest BCUT2D eigenvalue weighted by Gasteiger charge is -2.11. The fourth-order valence-electron chi connectivity index (χ4n) is 1.90. The van der Waals surface area contributed by atoms with Crippen LogP contribution in [0.25, 0.3) is 0 Å². The van der Waals surface area contributed by atoms with Gasteiger partial charge in [0.2, 0.25) is 0 Å². The standard InChI is InChI=1S/C14H21NO2/c1-16-14-10-12(6-8-15)4-5-13(14)17-9-7-11-2-3-11/h4-5,10-11H,2-3,6-9,15H2,1H3. The van der Waals surface area contributed by atoms with Crippen molar-refractivity contribution in [3.63, 3.8) is 0 Å². The molecule has 0 aliphatic heterocycles. The molecule has 0 unspecified atom stereocenters. The second-order valence-electron chi connectivity index (χ2n) is 4.60. The number of benzene rings is 1. The molecule has 0 radical (unpaired) electrons. The average Bonchev–Trinajstić information content (AvgIpc) is 3.15. The Morgan fingerprint density at radius 3 is 2.76 bits per heavy atom. The first kappa shape index (κ1) is 12.2. The molecular formula is C14H21NO2. The predicted octanol–water partition coefficient (Wildman–Crippen LogP) is 2.38. The third-order valence-corrected chi connectivity index (χ3v) is 3.14. The van der Waals surface area contributed by atoms with Crippen LogP contribution in [-0.2, 0) is 6.42 Å². The summed E-state index contributed by atoms with van der Waals surface area (Å²) in [6, 6.07) is 6.05. The molecule has 0 atom stereocenters. The molecule has 17 heavy (non-hydrogen) atoms. The molecule has 94 valence electrons. The molecule has 2 N–H and O–H groups in total. The maximum absolute atomic E-state index is 5.76. The van der Waals surface area contributed by atoms with Gasteiger partial charge in [-0.25, -0.2) is 0 Å². The Morgan fingerprint density at radius 1 is 1.29 bits per heavy atom. The molecule has 3 heteroatoms. The summed E-state index contributed by atoms with van der Waals surface area (Å²) in [5, 5.41) is 0. The monoisotopic (exact) mass is 235 g/mol. The molecule has 3 nitrogen and oxygen atoms in total. The van der Waals surface area contributed by atoms with E-state index in [0.29, 0.717) is 6.54 Å². The van der Waals surface area contributed by atoms with Gasteiger partial charge in [0.05, 0.1) is 13.7 Å². The van der Waals surface area contributed by atoms with Crippen molar-refractivity contribution in [3.05, 3.63) is 23.8 Å². The Kier molecular flexibility index (Phi) is 4.26. The molecule has 1 saturated carbocycles. The van der Waals surface area contributed by atoms with Crippen LogP contribution < -0.4 is 15.2 Å². The van der Waals surface area contributed by atoms with Gasteiger partial charge in [0, 0.05) is 0 Å². The van der Waals surface area contributed by atoms with E-state index in [9.17, 15) is 0 Å². The van der Waals surface area contributed by atoms with Crippen LogP contribution in [0.5, 0.6) is 11.5 Å². The van der Waals surface area contributed by atoms with Crippen LogP contribution >= 0.6 is 0 Å². The topological polar surface area (TPSA) is 44.5 Å². The fourth-order valence-corrected chi connectivity index (χ4v) is 1.90. The van der Waals surface area contributed by atoms with Gasteiger partial charge in [-0.1, -0.05) is 18.9 Å². The predicted molar refractivity (Wildman–Crippen MR) is 68.6 cm³/mol. The molecule has 0 heterocycles. The summed E-state index contributed by atoms with van der Waals surface area (Å²) in [6.07, 6.45) is 4.78. The minimum absolute atomic E-state index is 0.658. The van der Waals surface area contributed by atoms with Gasteiger partial charge in [0.25, 0.3) is 0 Å². The Hall–Kier alpha value is -1.22. The number of nitrogens with two attached hydrogens (primary N) is 1. The zero-order chi connectivity index (χ0) is 12.1. The van der Waals surface area contributed by atoms with Gasteiger partial charge in [-0.3, -0.25) is 0 Å². The molecular weight excluding hydrogens is 214 g/mol. The van der Waals surface area contributed by atoms with E-state index < -0.39 is 0 Å². The van der Waals surface area contributed by atoms with E-state index in [1.807, 2.05) is 12.1 Å². The highest BCUT2D eigenvalue weighted by Crippen LogP contribution is 2.33. The van der Waals surface area contributed by atoms with E-state index in [1.54, 1.807) is 7.11 Å². The van der Waals surface area contributed by atoms with Crippen molar-refractivity contribution in [2.45, 2.75) is 25.7 Å². The van der Waals surface area contributed by atoms with Gasteiger partial charge in [-0.2, -0.15) is 0 Å². The second kappa shape index (κ2) is 5.92. The first-order valence-corrected chi connectivity index (χ1v) is 6.33. The molecule has 1 aliphatic rings. The molecule has 0 spiro atoms. The molecule has 0 saturated heterocycles. The zero-order valence-electron chi connectivity index (χ0n) is 10.4. The third kappa shape index (κ3) is 3.63. The maximum atomic E-state index is 5.76. The largest absolute Gasteiger partial charge is 0.493 e. The molecule has 0 amide bonds. The van der Waals surface area contributed by atoms with E-state index in [1.165, 1.54) is 18.4 Å². The SMILES string of the molecule is COc1cc(CCN)ccc1OCCC1CC1. The van der Waals surface area contributed by atoms with Gasteiger partial charge in [-0.15, -0.1) is 0 Å². The number of hydrogen-bond donors (Lipinski definition) is 1. The summed E-state index contributed by atoms with van der Waals surface area (Å²) in [5.41, 5.74) is 6.73. The molecule has 1 fully saturated rings. The van der Waals surface area contributed by atoms with Crippen molar-refractivity contribution in [3.8, 4) is 11.5 Å². The highest BCUT2D eigenvalue weighted by molar-refractivity contribution is 5.43. The highest BCUT2D eigenvalue weighted by atomic mass is 16.5. The summed E-state index contributed by atoms with van der Waals surface area (Å²) < 4.78 is 11.1. The van der Waals surface area contributed by atoms with Crippen molar-refractivity contribution in [1.29, 1.82) is 0 Å². The van der Waals surface area contributed by atoms with Crippen LogP contribution in [0.4, 0.5) is 0 Å². The highest BCUT2D eigenvalue weighted by Gasteiger charge is 2.20. The molecule has 1 aromatic rings. The van der Waals surface area contributed by atoms with Crippen molar-refractivity contribution in [2.75, 3.05) is 20.3 Å². The van der Waals surface area contributed by atoms with Crippen LogP contribution in [0.2, 0.25) is 0 Å². The quantitative estimate of drug-likeness (QED) is 0.789. The van der Waals surface area contributed by atoms with Gasteiger partial charge in [0.1, 0.15) is 0 Å². The van der Waals surface area contributed by atoms with E-state index in [-0.39, 0.29) is 0 Å². The lowest BCUT2D eigenvalue weighted by Crippen LogP contribution is -2.04. The van der Waals surface area contributed by atoms with Crippen molar-refractivity contribution in [2.24, 2.45) is 11.7 Å². The fraction of sp³-hybridized carbons (Fsp3) is 0.571. The zero-order valence-corrected chi connectivity index (χ0v) is 10.4. The molecule has 0 aromatic heterocycles. The lowest BCUT2D eigenvalue weighted by molar-refractivity contribution is 0.283. The van der Waals surface area contributed by atoms with Crippen LogP contribution in [0.1, 0.15) is 24.8 Å². The number of ether oxygens (including phenoxy) is 2. The number of hydrogen-bond acceptors (Lipinski definition) is 3. The normalized spacial score (nSPS) is 14.7. The second-order valence-corrected chi connectivity index (χ2v) is 4.60. The van der Waals surface area contributed by atoms with Gasteiger partial charge in [-0.05, 0) is 43.0 Å². The summed E-state index contributed by atoms with van der Waals surface area (Å²) in [5.74, 6) is 2.55. The number of methoxy groups -OCH3 is 1. The molecule has 2 rings (SSSR count). The average molecular weight is 235 g/mol. The summed E-state index contributed by atoms with van der Waals surface area (Å²) in [7, 11) is 1.68. The Labute approximate surface area is 103 Å². The third-order valence-electron chi connectivity index (χ3n) is 3.14. The van der Waals surface area contributed by atoms with E-state index in [2.05, 4.69) is 6.07 Å². The van der Waals surface area contributed by atoms with Gasteiger partial charge in [0.15, 0.2) is 11.5 Å². The summed E-state index contributed by atoms with van der Waals surface area (Å²) >= 11 is 0. The van der Waals surface area contributed by atoms with Crippen LogP contribution in [-0.4, -0.2) is 20.3 Å². The number of rotatable bonds is 7. The lowest BCUT2D eigenvalue weighted by atomic mass is 10.1. The van der Waals surface area contributed by atoms with Gasteiger partial charge >= 0.3 is 0 Å². The van der Waals surface area contributed by atoms with Gasteiger partial charge < -0.3 is 15.2 Å². The maximum Gasteiger partial charge on any atom is 0.161 e. The molecule has 0 bridgehead atoms. The van der Waals surface area contributed by atoms with Crippen LogP contribution in [0.15, 0.2) is 18.2 Å². The van der Waals surface area contributed by atoms with Crippen LogP contribution in [0, 0.1) is 5.92 Å². The minimum Gasteiger partial charge on any atom is -0.493 e. The Morgan fingerprint density at radius 2 is 2.12 bits per heavy atom. The van der Waals surface area contributed by atoms with E-state index in [4.69, 9.17) is 15.2 Å². The van der Waals surface area contributed by atoms with Crippen molar-refractivity contribution in [1.82, 2.24) is 0 Å². The van der Waals surface area contributed by atoms with E-state index in [0.717, 1.165) is 36.9 Å². The van der Waals surface area contributed by atoms with E-state index >= 15 is 0 Å². The van der Waals surface area contributed by atoms with Crippen LogP contribution in [0.3, 0.4) is 0 Å².